The van der Waals surface area contributed by atoms with Crippen molar-refractivity contribution in [3.8, 4) is 0 Å². The maximum Gasteiger partial charge on any atom is 0.242 e. The Bertz CT molecular complexity index is 331. The van der Waals surface area contributed by atoms with Gasteiger partial charge in [-0.25, -0.2) is 0 Å². The summed E-state index contributed by atoms with van der Waals surface area (Å²) in [6.45, 7) is 6.86. The second-order valence-corrected chi connectivity index (χ2v) is 5.56. The van der Waals surface area contributed by atoms with Crippen LogP contribution in [0, 0.1) is 0 Å². The Balaban J connectivity index is 2.57. The van der Waals surface area contributed by atoms with Gasteiger partial charge in [-0.3, -0.25) is 14.5 Å². The monoisotopic (exact) mass is 270 g/mol. The number of amides is 2. The van der Waals surface area contributed by atoms with Crippen molar-refractivity contribution >= 4 is 11.8 Å². The van der Waals surface area contributed by atoms with Crippen LogP contribution in [0.5, 0.6) is 0 Å². The summed E-state index contributed by atoms with van der Waals surface area (Å²) in [5.74, 6) is -0.315. The Morgan fingerprint density at radius 3 is 2.47 bits per heavy atom. The van der Waals surface area contributed by atoms with Crippen LogP contribution in [0.2, 0.25) is 0 Å². The van der Waals surface area contributed by atoms with Crippen molar-refractivity contribution in [3.63, 3.8) is 0 Å². The number of primary amides is 1. The Hall–Kier alpha value is -1.14. The minimum Gasteiger partial charge on any atom is -0.369 e. The van der Waals surface area contributed by atoms with E-state index in [0.717, 1.165) is 19.4 Å². The normalized spacial score (nSPS) is 20.7. The van der Waals surface area contributed by atoms with Crippen molar-refractivity contribution < 1.29 is 9.59 Å². The smallest absolute Gasteiger partial charge is 0.242 e. The number of hydrogen-bond donors (Lipinski definition) is 2. The molecule has 0 radical (unpaired) electrons. The number of nitrogens with zero attached hydrogens (tertiary/aromatic N) is 2. The van der Waals surface area contributed by atoms with Gasteiger partial charge in [0.25, 0.3) is 0 Å². The van der Waals surface area contributed by atoms with E-state index in [9.17, 15) is 9.59 Å². The average molecular weight is 270 g/mol. The predicted molar refractivity (Wildman–Crippen MR) is 74.3 cm³/mol. The molecule has 0 aromatic carbocycles. The molecule has 0 spiro atoms. The maximum atomic E-state index is 12.4. The molecule has 1 aliphatic heterocycles. The molecule has 1 unspecified atom stereocenters. The number of carbonyl (C=O) groups is 2. The van der Waals surface area contributed by atoms with Gasteiger partial charge in [0.2, 0.25) is 11.8 Å². The van der Waals surface area contributed by atoms with E-state index < -0.39 is 5.54 Å². The summed E-state index contributed by atoms with van der Waals surface area (Å²) >= 11 is 0. The third-order valence-corrected chi connectivity index (χ3v) is 3.51. The number of rotatable bonds is 5. The standard InChI is InChI=1S/C13H26N4O2/c1-3-5-13(2,15)12(19)17-7-4-6-16(8-9-17)10-11(14)18/h3-10,15H2,1-2H3,(H2,14,18). The fraction of sp³-hybridized carbons (Fsp3) is 0.846. The van der Waals surface area contributed by atoms with E-state index in [2.05, 4.69) is 0 Å². The topological polar surface area (TPSA) is 92.7 Å². The molecule has 1 rings (SSSR count). The number of nitrogens with two attached hydrogens (primary N) is 2. The summed E-state index contributed by atoms with van der Waals surface area (Å²) in [7, 11) is 0. The van der Waals surface area contributed by atoms with Gasteiger partial charge < -0.3 is 16.4 Å². The summed E-state index contributed by atoms with van der Waals surface area (Å²) in [5, 5.41) is 0. The molecule has 6 heteroatoms. The molecule has 4 N–H and O–H groups in total. The molecular formula is C13H26N4O2. The van der Waals surface area contributed by atoms with Crippen LogP contribution in [0.4, 0.5) is 0 Å². The highest BCUT2D eigenvalue weighted by Gasteiger charge is 2.32. The molecule has 0 saturated carbocycles. The van der Waals surface area contributed by atoms with Gasteiger partial charge in [0.15, 0.2) is 0 Å². The first-order chi connectivity index (χ1) is 8.86. The second-order valence-electron chi connectivity index (χ2n) is 5.56. The van der Waals surface area contributed by atoms with Crippen LogP contribution < -0.4 is 11.5 Å². The van der Waals surface area contributed by atoms with E-state index in [0.29, 0.717) is 26.1 Å². The van der Waals surface area contributed by atoms with Crippen molar-refractivity contribution in [2.45, 2.75) is 38.6 Å². The third-order valence-electron chi connectivity index (χ3n) is 3.51. The Morgan fingerprint density at radius 2 is 1.89 bits per heavy atom. The van der Waals surface area contributed by atoms with Crippen LogP contribution in [0.25, 0.3) is 0 Å². The molecule has 1 heterocycles. The largest absolute Gasteiger partial charge is 0.369 e. The maximum absolute atomic E-state index is 12.4. The minimum atomic E-state index is -0.784. The highest BCUT2D eigenvalue weighted by atomic mass is 16.2. The lowest BCUT2D eigenvalue weighted by molar-refractivity contribution is -0.136. The summed E-state index contributed by atoms with van der Waals surface area (Å²) < 4.78 is 0. The molecule has 1 fully saturated rings. The van der Waals surface area contributed by atoms with Crippen LogP contribution in [-0.4, -0.2) is 59.9 Å². The van der Waals surface area contributed by atoms with Crippen molar-refractivity contribution in [2.75, 3.05) is 32.7 Å². The number of carbonyl (C=O) groups excluding carboxylic acids is 2. The average Bonchev–Trinajstić information content (AvgIpc) is 2.53. The molecule has 0 aromatic rings. The van der Waals surface area contributed by atoms with Crippen molar-refractivity contribution in [1.29, 1.82) is 0 Å². The first-order valence-electron chi connectivity index (χ1n) is 6.95. The Morgan fingerprint density at radius 1 is 1.21 bits per heavy atom. The molecule has 1 atom stereocenters. The van der Waals surface area contributed by atoms with Crippen LogP contribution >= 0.6 is 0 Å². The zero-order valence-electron chi connectivity index (χ0n) is 12.0. The van der Waals surface area contributed by atoms with E-state index in [1.807, 2.05) is 16.7 Å². The van der Waals surface area contributed by atoms with E-state index in [-0.39, 0.29) is 18.4 Å². The van der Waals surface area contributed by atoms with Crippen LogP contribution in [0.1, 0.15) is 33.1 Å². The van der Waals surface area contributed by atoms with Crippen molar-refractivity contribution in [1.82, 2.24) is 9.80 Å². The lowest BCUT2D eigenvalue weighted by Gasteiger charge is -2.31. The molecule has 0 aliphatic carbocycles. The van der Waals surface area contributed by atoms with Gasteiger partial charge in [-0.2, -0.15) is 0 Å². The molecule has 0 aromatic heterocycles. The Labute approximate surface area is 115 Å². The van der Waals surface area contributed by atoms with Gasteiger partial charge in [-0.05, 0) is 19.8 Å². The van der Waals surface area contributed by atoms with Gasteiger partial charge in [0.05, 0.1) is 12.1 Å². The first kappa shape index (κ1) is 15.9. The van der Waals surface area contributed by atoms with Crippen LogP contribution in [0.15, 0.2) is 0 Å². The second kappa shape index (κ2) is 6.86. The van der Waals surface area contributed by atoms with E-state index in [4.69, 9.17) is 11.5 Å². The molecular weight excluding hydrogens is 244 g/mol. The summed E-state index contributed by atoms with van der Waals surface area (Å²) in [5.41, 5.74) is 10.5. The molecule has 110 valence electrons. The summed E-state index contributed by atoms with van der Waals surface area (Å²) in [6.07, 6.45) is 2.43. The minimum absolute atomic E-state index is 0.00951. The van der Waals surface area contributed by atoms with E-state index in [1.54, 1.807) is 6.92 Å². The van der Waals surface area contributed by atoms with Gasteiger partial charge in [-0.1, -0.05) is 13.3 Å². The lowest BCUT2D eigenvalue weighted by atomic mass is 9.95. The highest BCUT2D eigenvalue weighted by molar-refractivity contribution is 5.85. The SMILES string of the molecule is CCCC(C)(N)C(=O)N1CCCN(CC(N)=O)CC1. The Kier molecular flexibility index (Phi) is 5.75. The molecule has 19 heavy (non-hydrogen) atoms. The van der Waals surface area contributed by atoms with Crippen LogP contribution in [-0.2, 0) is 9.59 Å². The predicted octanol–water partition coefficient (Wildman–Crippen LogP) is -0.476. The molecule has 6 nitrogen and oxygen atoms in total. The first-order valence-corrected chi connectivity index (χ1v) is 6.95. The van der Waals surface area contributed by atoms with Gasteiger partial charge in [-0.15, -0.1) is 0 Å². The van der Waals surface area contributed by atoms with Crippen LogP contribution in [0.3, 0.4) is 0 Å². The van der Waals surface area contributed by atoms with Gasteiger partial charge >= 0.3 is 0 Å². The van der Waals surface area contributed by atoms with Crippen molar-refractivity contribution in [2.24, 2.45) is 11.5 Å². The molecule has 1 saturated heterocycles. The molecule has 1 aliphatic rings. The summed E-state index contributed by atoms with van der Waals surface area (Å²) in [4.78, 5) is 27.1. The highest BCUT2D eigenvalue weighted by Crippen LogP contribution is 2.14. The van der Waals surface area contributed by atoms with Gasteiger partial charge in [0.1, 0.15) is 0 Å². The van der Waals surface area contributed by atoms with Gasteiger partial charge in [0, 0.05) is 26.2 Å². The molecule has 0 bridgehead atoms. The van der Waals surface area contributed by atoms with Crippen molar-refractivity contribution in [3.05, 3.63) is 0 Å². The van der Waals surface area contributed by atoms with E-state index >= 15 is 0 Å². The summed E-state index contributed by atoms with van der Waals surface area (Å²) in [6, 6.07) is 0. The number of hydrogen-bond acceptors (Lipinski definition) is 4. The fourth-order valence-corrected chi connectivity index (χ4v) is 2.54. The molecule has 2 amide bonds. The zero-order chi connectivity index (χ0) is 14.5. The lowest BCUT2D eigenvalue weighted by Crippen LogP contribution is -2.54. The zero-order valence-corrected chi connectivity index (χ0v) is 12.0. The third kappa shape index (κ3) is 4.80. The fourth-order valence-electron chi connectivity index (χ4n) is 2.54. The quantitative estimate of drug-likeness (QED) is 0.706. The van der Waals surface area contributed by atoms with E-state index in [1.165, 1.54) is 0 Å².